The average Bonchev–Trinajstić information content (AvgIpc) is 1.81. The van der Waals surface area contributed by atoms with E-state index in [9.17, 15) is 0 Å². The highest BCUT2D eigenvalue weighted by atomic mass is 28.4. The van der Waals surface area contributed by atoms with Crippen LogP contribution in [0.4, 0.5) is 0 Å². The summed E-state index contributed by atoms with van der Waals surface area (Å²) in [5.41, 5.74) is 1.24. The third-order valence-corrected chi connectivity index (χ3v) is 15.5. The predicted octanol–water partition coefficient (Wildman–Crippen LogP) is 1.50. The minimum absolute atomic E-state index is 0.967. The van der Waals surface area contributed by atoms with Crippen molar-refractivity contribution in [2.24, 2.45) is 0 Å². The first-order valence-electron chi connectivity index (χ1n) is 4.77. The summed E-state index contributed by atoms with van der Waals surface area (Å²) in [7, 11) is -1.99. The van der Waals surface area contributed by atoms with Crippen molar-refractivity contribution < 1.29 is 8.23 Å². The molecule has 0 heterocycles. The van der Waals surface area contributed by atoms with Gasteiger partial charge in [-0.3, -0.25) is 0 Å². The van der Waals surface area contributed by atoms with Crippen LogP contribution in [0.3, 0.4) is 0 Å². The molecular formula is C7H23O2Si4. The lowest BCUT2D eigenvalue weighted by atomic mass is 11.8. The summed E-state index contributed by atoms with van der Waals surface area (Å²) >= 11 is 0. The molecule has 1 unspecified atom stereocenters. The molecule has 0 N–H and O–H groups in total. The second kappa shape index (κ2) is 5.03. The maximum atomic E-state index is 6.11. The fourth-order valence-corrected chi connectivity index (χ4v) is 14.4. The van der Waals surface area contributed by atoms with Gasteiger partial charge in [0.2, 0.25) is 0 Å². The molecule has 1 atom stereocenters. The summed E-state index contributed by atoms with van der Waals surface area (Å²) in [6.45, 7) is 13.6. The summed E-state index contributed by atoms with van der Waals surface area (Å²) in [5.74, 6) is 0. The minimum Gasteiger partial charge on any atom is -0.461 e. The number of hydrogen-bond donors (Lipinski definition) is 0. The molecule has 0 aliphatic carbocycles. The molecule has 0 aromatic heterocycles. The number of rotatable bonds is 5. The second-order valence-corrected chi connectivity index (χ2v) is 18.2. The van der Waals surface area contributed by atoms with Crippen LogP contribution in [-0.2, 0) is 8.23 Å². The van der Waals surface area contributed by atoms with E-state index in [1.165, 1.54) is 5.67 Å². The van der Waals surface area contributed by atoms with Crippen molar-refractivity contribution in [1.29, 1.82) is 0 Å². The van der Waals surface area contributed by atoms with Crippen molar-refractivity contribution in [2.75, 3.05) is 0 Å². The zero-order chi connectivity index (χ0) is 10.7. The first-order chi connectivity index (χ1) is 5.66. The van der Waals surface area contributed by atoms with E-state index in [0.29, 0.717) is 0 Å². The summed E-state index contributed by atoms with van der Waals surface area (Å²) in [6.07, 6.45) is 0. The zero-order valence-electron chi connectivity index (χ0n) is 9.81. The van der Waals surface area contributed by atoms with Crippen LogP contribution in [0.25, 0.3) is 0 Å². The van der Waals surface area contributed by atoms with Crippen molar-refractivity contribution in [2.45, 2.75) is 44.9 Å². The fourth-order valence-electron chi connectivity index (χ4n) is 1.40. The Morgan fingerprint density at radius 3 is 1.92 bits per heavy atom. The van der Waals surface area contributed by atoms with Crippen LogP contribution in [0.15, 0.2) is 0 Å². The van der Waals surface area contributed by atoms with Crippen LogP contribution in [0, 0.1) is 0 Å². The molecule has 1 radical (unpaired) electrons. The number of hydrogen-bond acceptors (Lipinski definition) is 2. The largest absolute Gasteiger partial charge is 0.461 e. The van der Waals surface area contributed by atoms with Crippen molar-refractivity contribution in [3.05, 3.63) is 0 Å². The van der Waals surface area contributed by atoms with Crippen molar-refractivity contribution >= 4 is 36.2 Å². The van der Waals surface area contributed by atoms with Gasteiger partial charge in [-0.25, -0.2) is 0 Å². The average molecular weight is 252 g/mol. The Labute approximate surface area is 89.6 Å². The van der Waals surface area contributed by atoms with Crippen LogP contribution in [-0.4, -0.2) is 36.2 Å². The van der Waals surface area contributed by atoms with E-state index in [0.717, 1.165) is 0 Å². The van der Waals surface area contributed by atoms with E-state index < -0.39 is 25.7 Å². The molecule has 13 heavy (non-hydrogen) atoms. The Bertz CT molecular complexity index is 155. The summed E-state index contributed by atoms with van der Waals surface area (Å²) in [4.78, 5) is 0. The van der Waals surface area contributed by atoms with Crippen molar-refractivity contribution in [1.82, 2.24) is 0 Å². The topological polar surface area (TPSA) is 18.5 Å². The van der Waals surface area contributed by atoms with Crippen LogP contribution in [0.5, 0.6) is 0 Å². The lowest BCUT2D eigenvalue weighted by molar-refractivity contribution is 0.568. The molecule has 6 heteroatoms. The fraction of sp³-hybridized carbons (Fsp3) is 1.00. The van der Waals surface area contributed by atoms with E-state index in [2.05, 4.69) is 39.3 Å². The van der Waals surface area contributed by atoms with Gasteiger partial charge >= 0.3 is 0 Å². The van der Waals surface area contributed by atoms with E-state index in [4.69, 9.17) is 8.23 Å². The van der Waals surface area contributed by atoms with Crippen LogP contribution < -0.4 is 0 Å². The van der Waals surface area contributed by atoms with E-state index >= 15 is 0 Å². The molecule has 79 valence electrons. The molecule has 0 saturated heterocycles. The summed E-state index contributed by atoms with van der Waals surface area (Å²) in [5, 5.41) is 0. The quantitative estimate of drug-likeness (QED) is 0.690. The second-order valence-electron chi connectivity index (χ2n) is 5.15. The lowest BCUT2D eigenvalue weighted by Crippen LogP contribution is -2.40. The predicted molar refractivity (Wildman–Crippen MR) is 69.4 cm³/mol. The van der Waals surface area contributed by atoms with Crippen molar-refractivity contribution in [3.8, 4) is 0 Å². The van der Waals surface area contributed by atoms with Gasteiger partial charge in [0.15, 0.2) is 36.2 Å². The standard InChI is InChI=1S/C7H23O2Si4/c1-11(9-12(2,3)4)7-13(5,6)8-10/h11H,7,10H2,1-6H3. The smallest absolute Gasteiger partial charge is 0.172 e. The van der Waals surface area contributed by atoms with Crippen LogP contribution in [0.1, 0.15) is 0 Å². The van der Waals surface area contributed by atoms with Gasteiger partial charge in [-0.15, -0.1) is 0 Å². The maximum Gasteiger partial charge on any atom is 0.172 e. The highest BCUT2D eigenvalue weighted by Crippen LogP contribution is 2.15. The highest BCUT2D eigenvalue weighted by Gasteiger charge is 2.27. The molecule has 0 bridgehead atoms. The van der Waals surface area contributed by atoms with Gasteiger partial charge in [0, 0.05) is 0 Å². The van der Waals surface area contributed by atoms with Gasteiger partial charge in [-0.05, 0) is 44.9 Å². The Hall–Kier alpha value is 0.788. The highest BCUT2D eigenvalue weighted by molar-refractivity contribution is 6.87. The molecular weight excluding hydrogens is 228 g/mol. The van der Waals surface area contributed by atoms with E-state index in [-0.39, 0.29) is 0 Å². The van der Waals surface area contributed by atoms with Crippen LogP contribution >= 0.6 is 0 Å². The lowest BCUT2D eigenvalue weighted by Gasteiger charge is -2.28. The molecule has 0 fully saturated rings. The monoisotopic (exact) mass is 251 g/mol. The third-order valence-electron chi connectivity index (χ3n) is 1.72. The Morgan fingerprint density at radius 1 is 1.15 bits per heavy atom. The van der Waals surface area contributed by atoms with Gasteiger partial charge < -0.3 is 8.23 Å². The zero-order valence-corrected chi connectivity index (χ0v) is 14.4. The van der Waals surface area contributed by atoms with Gasteiger partial charge in [0.1, 0.15) is 0 Å². The van der Waals surface area contributed by atoms with Gasteiger partial charge in [0.05, 0.1) is 0 Å². The molecule has 0 aliphatic heterocycles. The van der Waals surface area contributed by atoms with Crippen molar-refractivity contribution in [3.63, 3.8) is 0 Å². The third kappa shape index (κ3) is 7.83. The molecule has 0 rings (SSSR count). The molecule has 0 saturated carbocycles. The van der Waals surface area contributed by atoms with Gasteiger partial charge in [0.25, 0.3) is 0 Å². The molecule has 0 amide bonds. The van der Waals surface area contributed by atoms with E-state index in [1.54, 1.807) is 10.5 Å². The van der Waals surface area contributed by atoms with E-state index in [1.807, 2.05) is 0 Å². The van der Waals surface area contributed by atoms with Gasteiger partial charge in [-0.2, -0.15) is 0 Å². The maximum absolute atomic E-state index is 6.11. The first-order valence-corrected chi connectivity index (χ1v) is 14.3. The first kappa shape index (κ1) is 13.8. The molecule has 0 spiro atoms. The Kier molecular flexibility index (Phi) is 5.34. The minimum atomic E-state index is -1.37. The normalized spacial score (nSPS) is 15.9. The summed E-state index contributed by atoms with van der Waals surface area (Å²) < 4.78 is 11.7. The van der Waals surface area contributed by atoms with Gasteiger partial charge in [-0.1, -0.05) is 0 Å². The Balaban J connectivity index is 3.94. The molecule has 0 aliphatic rings. The summed E-state index contributed by atoms with van der Waals surface area (Å²) in [6, 6.07) is 0. The molecule has 0 aromatic rings. The Morgan fingerprint density at radius 2 is 1.62 bits per heavy atom. The SMILES string of the molecule is C[SiH](C[Si](C)(C)O[SiH2])O[Si](C)(C)C. The molecule has 2 nitrogen and oxygen atoms in total. The molecule has 0 aromatic carbocycles. The van der Waals surface area contributed by atoms with Crippen LogP contribution in [0.2, 0.25) is 44.9 Å².